The molecule has 0 unspecified atom stereocenters. The van der Waals surface area contributed by atoms with Crippen LogP contribution in [0.15, 0.2) is 60.7 Å². The third kappa shape index (κ3) is 7.20. The molecule has 2 N–H and O–H groups in total. The minimum atomic E-state index is -0.801. The Balaban J connectivity index is 0.000000468. The summed E-state index contributed by atoms with van der Waals surface area (Å²) in [6, 6.07) is 20.6. The second kappa shape index (κ2) is 14.0. The van der Waals surface area contributed by atoms with Gasteiger partial charge in [0.1, 0.15) is 0 Å². The number of rotatable bonds is 6. The Bertz CT molecular complexity index is 677. The van der Waals surface area contributed by atoms with Crippen molar-refractivity contribution in [2.45, 2.75) is 0 Å². The van der Waals surface area contributed by atoms with E-state index in [2.05, 4.69) is 29.6 Å². The molecule has 10 radical (unpaired) electrons. The number of nitrogens with one attached hydrogen (secondary N) is 1. The van der Waals surface area contributed by atoms with E-state index < -0.39 is 7.92 Å². The van der Waals surface area contributed by atoms with Crippen LogP contribution in [0.1, 0.15) is 0 Å². The second-order valence-corrected chi connectivity index (χ2v) is 8.46. The zero-order valence-electron chi connectivity index (χ0n) is 16.5. The zero-order chi connectivity index (χ0) is 20.3. The number of hydrogen-bond acceptors (Lipinski definition) is 2. The predicted molar refractivity (Wildman–Crippen MR) is 120 cm³/mol. The second-order valence-electron chi connectivity index (χ2n) is 6.27. The number of aliphatic hydroxyl groups is 1. The first kappa shape index (κ1) is 25.1. The quantitative estimate of drug-likeness (QED) is 0.518. The van der Waals surface area contributed by atoms with E-state index in [0.29, 0.717) is 5.92 Å². The van der Waals surface area contributed by atoms with Gasteiger partial charge in [-0.1, -0.05) is 60.7 Å². The Hall–Kier alpha value is -1.18. The van der Waals surface area contributed by atoms with Gasteiger partial charge in [-0.25, -0.2) is 0 Å². The molecule has 0 aromatic heterocycles. The molecule has 0 bridgehead atoms. The van der Waals surface area contributed by atoms with Gasteiger partial charge < -0.3 is 10.4 Å². The Kier molecular flexibility index (Phi) is 11.7. The molecule has 4 rings (SSSR count). The monoisotopic (exact) mass is 457 g/mol. The normalized spacial score (nSPS) is 16.6. The van der Waals surface area contributed by atoms with Crippen LogP contribution in [0.5, 0.6) is 0 Å². The van der Waals surface area contributed by atoms with E-state index in [4.69, 9.17) is 5.11 Å². The van der Waals surface area contributed by atoms with Gasteiger partial charge in [0.25, 0.3) is 0 Å². The molecule has 2 fully saturated rings. The van der Waals surface area contributed by atoms with Crippen LogP contribution >= 0.6 is 7.92 Å². The van der Waals surface area contributed by atoms with E-state index in [1.807, 2.05) is 87.8 Å². The molecule has 0 saturated heterocycles. The van der Waals surface area contributed by atoms with Crippen molar-refractivity contribution in [1.82, 2.24) is 5.32 Å². The van der Waals surface area contributed by atoms with E-state index >= 15 is 0 Å². The number of carbonyl (C=O) groups is 1. The van der Waals surface area contributed by atoms with Gasteiger partial charge in [-0.3, -0.25) is 4.79 Å². The van der Waals surface area contributed by atoms with Crippen molar-refractivity contribution in [3.8, 4) is 0 Å². The summed E-state index contributed by atoms with van der Waals surface area (Å²) < 4.78 is 0. The molecule has 0 spiro atoms. The minimum absolute atomic E-state index is 0. The molecule has 2 saturated carbocycles. The minimum Gasteiger partial charge on any atom is -0.395 e. The SMILES string of the molecule is O=C(NCCO)[C]1[CH][CH][CH][C]1P(c1ccccc1)c1ccccc1.[CH]1[CH][CH][CH][CH]1.[Fe+2]. The van der Waals surface area contributed by atoms with Crippen molar-refractivity contribution < 1.29 is 27.0 Å². The van der Waals surface area contributed by atoms with Crippen LogP contribution in [-0.2, 0) is 21.9 Å². The summed E-state index contributed by atoms with van der Waals surface area (Å²) in [5, 5.41) is 14.1. The first-order valence-corrected chi connectivity index (χ1v) is 10.9. The van der Waals surface area contributed by atoms with Crippen molar-refractivity contribution in [3.05, 3.63) is 124 Å². The molecule has 3 nitrogen and oxygen atoms in total. The van der Waals surface area contributed by atoms with Crippen LogP contribution in [-0.4, -0.2) is 24.2 Å². The fourth-order valence-corrected chi connectivity index (χ4v) is 5.41. The third-order valence-corrected chi connectivity index (χ3v) is 6.76. The Morgan fingerprint density at radius 3 is 1.73 bits per heavy atom. The largest absolute Gasteiger partial charge is 2.00 e. The van der Waals surface area contributed by atoms with Gasteiger partial charge in [0.2, 0.25) is 5.91 Å². The number of carbonyl (C=O) groups excluding carboxylic acids is 1. The molecule has 30 heavy (non-hydrogen) atoms. The van der Waals surface area contributed by atoms with E-state index in [-0.39, 0.29) is 36.1 Å². The summed E-state index contributed by atoms with van der Waals surface area (Å²) in [5.74, 6) is 0.547. The zero-order valence-corrected chi connectivity index (χ0v) is 18.5. The summed E-state index contributed by atoms with van der Waals surface area (Å²) in [7, 11) is -0.801. The van der Waals surface area contributed by atoms with Crippen molar-refractivity contribution in [2.75, 3.05) is 13.2 Å². The first-order valence-electron chi connectivity index (χ1n) is 9.53. The molecule has 2 aliphatic carbocycles. The summed E-state index contributed by atoms with van der Waals surface area (Å²) in [4.78, 5) is 12.4. The van der Waals surface area contributed by atoms with Gasteiger partial charge in [0.05, 0.1) is 12.5 Å². The van der Waals surface area contributed by atoms with Crippen LogP contribution in [0.2, 0.25) is 0 Å². The van der Waals surface area contributed by atoms with Crippen molar-refractivity contribution in [2.24, 2.45) is 0 Å². The molecule has 2 aromatic carbocycles. The number of amides is 1. The van der Waals surface area contributed by atoms with Gasteiger partial charge in [-0.2, -0.15) is 0 Å². The Labute approximate surface area is 193 Å². The molecule has 152 valence electrons. The topological polar surface area (TPSA) is 49.3 Å². The molecule has 1 amide bonds. The maximum absolute atomic E-state index is 12.4. The fraction of sp³-hybridized carbons (Fsp3) is 0.0800. The maximum Gasteiger partial charge on any atom is 2.00 e. The van der Waals surface area contributed by atoms with Crippen LogP contribution < -0.4 is 15.9 Å². The average Bonchev–Trinajstić information content (AvgIpc) is 3.49. The van der Waals surface area contributed by atoms with E-state index in [1.165, 1.54) is 10.6 Å². The summed E-state index contributed by atoms with van der Waals surface area (Å²) in [6.45, 7) is 0.200. The smallest absolute Gasteiger partial charge is 0.395 e. The molecular formula is C25H24FeNO2P+2. The molecular weight excluding hydrogens is 433 g/mol. The summed E-state index contributed by atoms with van der Waals surface area (Å²) in [5.41, 5.74) is 1.04. The summed E-state index contributed by atoms with van der Waals surface area (Å²) in [6.07, 6.45) is 15.8. The molecule has 2 aliphatic rings. The number of benzene rings is 2. The van der Waals surface area contributed by atoms with Crippen molar-refractivity contribution >= 4 is 24.4 Å². The Morgan fingerprint density at radius 1 is 0.767 bits per heavy atom. The van der Waals surface area contributed by atoms with Crippen molar-refractivity contribution in [3.63, 3.8) is 0 Å². The average molecular weight is 457 g/mol. The molecule has 2 aromatic rings. The van der Waals surface area contributed by atoms with Gasteiger partial charge in [0, 0.05) is 12.2 Å². The molecule has 5 heteroatoms. The van der Waals surface area contributed by atoms with Crippen LogP contribution in [0.25, 0.3) is 0 Å². The Morgan fingerprint density at radius 2 is 1.27 bits per heavy atom. The van der Waals surface area contributed by atoms with Crippen LogP contribution in [0.3, 0.4) is 0 Å². The number of hydrogen-bond donors (Lipinski definition) is 2. The van der Waals surface area contributed by atoms with E-state index in [1.54, 1.807) is 0 Å². The first-order chi connectivity index (χ1) is 14.3. The van der Waals surface area contributed by atoms with Gasteiger partial charge in [-0.15, -0.1) is 0 Å². The van der Waals surface area contributed by atoms with Gasteiger partial charge >= 0.3 is 17.1 Å². The maximum atomic E-state index is 12.4. The van der Waals surface area contributed by atoms with Gasteiger partial charge in [-0.05, 0) is 69.9 Å². The summed E-state index contributed by atoms with van der Waals surface area (Å²) >= 11 is 0. The standard InChI is InChI=1S/C20H19NO2P.C5H5.Fe/c22-15-14-21-20(23)18-12-7-13-19(18)24(16-8-3-1-4-9-16)17-10-5-2-6-11-17;1-2-4-5-3-1;/h1-13,22H,14-15H2,(H,21,23);1-5H;/q;;+2. The van der Waals surface area contributed by atoms with E-state index in [9.17, 15) is 4.79 Å². The third-order valence-electron chi connectivity index (χ3n) is 4.26. The van der Waals surface area contributed by atoms with Crippen LogP contribution in [0, 0.1) is 62.9 Å². The van der Waals surface area contributed by atoms with Crippen molar-refractivity contribution in [1.29, 1.82) is 0 Å². The van der Waals surface area contributed by atoms with Gasteiger partial charge in [0.15, 0.2) is 0 Å². The molecule has 0 aliphatic heterocycles. The molecule has 0 atom stereocenters. The fourth-order valence-electron chi connectivity index (χ4n) is 2.96. The van der Waals surface area contributed by atoms with Crippen LogP contribution in [0.4, 0.5) is 0 Å². The predicted octanol–water partition coefficient (Wildman–Crippen LogP) is 2.98. The molecule has 0 heterocycles. The van der Waals surface area contributed by atoms with E-state index in [0.717, 1.165) is 5.66 Å². The number of aliphatic hydroxyl groups excluding tert-OH is 1.